The fourth-order valence-electron chi connectivity index (χ4n) is 1.53. The number of hydrogen-bond acceptors (Lipinski definition) is 2. The highest BCUT2D eigenvalue weighted by Crippen LogP contribution is 2.12. The van der Waals surface area contributed by atoms with Crippen LogP contribution in [0.2, 0.25) is 0 Å². The third kappa shape index (κ3) is 5.00. The number of hydrogen-bond donors (Lipinski definition) is 2. The lowest BCUT2D eigenvalue weighted by atomic mass is 10.1. The number of benzene rings is 1. The maximum atomic E-state index is 11.6. The molecule has 94 valence electrons. The van der Waals surface area contributed by atoms with Crippen molar-refractivity contribution in [1.82, 2.24) is 10.6 Å². The van der Waals surface area contributed by atoms with Crippen molar-refractivity contribution in [2.75, 3.05) is 6.54 Å². The van der Waals surface area contributed by atoms with E-state index in [2.05, 4.69) is 41.8 Å². The lowest BCUT2D eigenvalue weighted by Crippen LogP contribution is -2.37. The van der Waals surface area contributed by atoms with Crippen molar-refractivity contribution < 1.29 is 4.79 Å². The van der Waals surface area contributed by atoms with E-state index in [-0.39, 0.29) is 11.9 Å². The molecular weight excluding hydrogens is 212 g/mol. The monoisotopic (exact) mass is 234 g/mol. The topological polar surface area (TPSA) is 41.1 Å². The van der Waals surface area contributed by atoms with Crippen molar-refractivity contribution in [3.05, 3.63) is 35.4 Å². The van der Waals surface area contributed by atoms with E-state index in [1.807, 2.05) is 20.8 Å². The van der Waals surface area contributed by atoms with Gasteiger partial charge in [-0.05, 0) is 19.4 Å². The second-order valence-corrected chi connectivity index (χ2v) is 4.74. The minimum Gasteiger partial charge on any atom is -0.348 e. The standard InChI is InChI=1S/C14H22N2O/c1-10(2)15-9-14(17)16-12(4)13-7-5-11(3)6-8-13/h5-8,10,12,15H,9H2,1-4H3,(H,16,17)/t12-/m1/s1. The van der Waals surface area contributed by atoms with Crippen LogP contribution in [0.25, 0.3) is 0 Å². The van der Waals surface area contributed by atoms with Gasteiger partial charge >= 0.3 is 0 Å². The Kier molecular flexibility index (Phi) is 5.16. The van der Waals surface area contributed by atoms with Crippen LogP contribution in [0.4, 0.5) is 0 Å². The van der Waals surface area contributed by atoms with Crippen LogP contribution < -0.4 is 10.6 Å². The molecular formula is C14H22N2O. The van der Waals surface area contributed by atoms with Gasteiger partial charge in [-0.3, -0.25) is 4.79 Å². The van der Waals surface area contributed by atoms with Gasteiger partial charge in [0, 0.05) is 6.04 Å². The predicted octanol–water partition coefficient (Wildman–Crippen LogP) is 2.17. The molecule has 0 saturated heterocycles. The number of carbonyl (C=O) groups is 1. The van der Waals surface area contributed by atoms with E-state index in [1.54, 1.807) is 0 Å². The van der Waals surface area contributed by atoms with E-state index < -0.39 is 0 Å². The highest BCUT2D eigenvalue weighted by molar-refractivity contribution is 5.78. The maximum Gasteiger partial charge on any atom is 0.234 e. The Balaban J connectivity index is 2.46. The van der Waals surface area contributed by atoms with Gasteiger partial charge in [0.05, 0.1) is 12.6 Å². The SMILES string of the molecule is Cc1ccc([C@@H](C)NC(=O)CNC(C)C)cc1. The largest absolute Gasteiger partial charge is 0.348 e. The molecule has 1 rings (SSSR count). The Morgan fingerprint density at radius 2 is 1.76 bits per heavy atom. The Bertz CT molecular complexity index is 357. The molecule has 0 bridgehead atoms. The first-order valence-corrected chi connectivity index (χ1v) is 6.08. The summed E-state index contributed by atoms with van der Waals surface area (Å²) in [4.78, 5) is 11.6. The second-order valence-electron chi connectivity index (χ2n) is 4.74. The summed E-state index contributed by atoms with van der Waals surface area (Å²) in [5, 5.41) is 6.07. The number of amides is 1. The number of aryl methyl sites for hydroxylation is 1. The average Bonchev–Trinajstić information content (AvgIpc) is 2.27. The van der Waals surface area contributed by atoms with Crippen LogP contribution in [0.1, 0.15) is 37.9 Å². The van der Waals surface area contributed by atoms with Gasteiger partial charge in [0.25, 0.3) is 0 Å². The third-order valence-corrected chi connectivity index (χ3v) is 2.63. The van der Waals surface area contributed by atoms with E-state index in [0.717, 1.165) is 5.56 Å². The number of carbonyl (C=O) groups excluding carboxylic acids is 1. The zero-order valence-corrected chi connectivity index (χ0v) is 11.1. The summed E-state index contributed by atoms with van der Waals surface area (Å²) in [6.45, 7) is 8.47. The van der Waals surface area contributed by atoms with Gasteiger partial charge < -0.3 is 10.6 Å². The molecule has 1 aromatic carbocycles. The summed E-state index contributed by atoms with van der Waals surface area (Å²) in [5.41, 5.74) is 2.36. The minimum atomic E-state index is 0.0341. The van der Waals surface area contributed by atoms with Crippen LogP contribution in [-0.4, -0.2) is 18.5 Å². The molecule has 1 aromatic rings. The Morgan fingerprint density at radius 3 is 2.29 bits per heavy atom. The molecule has 0 fully saturated rings. The average molecular weight is 234 g/mol. The third-order valence-electron chi connectivity index (χ3n) is 2.63. The summed E-state index contributed by atoms with van der Waals surface area (Å²) >= 11 is 0. The van der Waals surface area contributed by atoms with Crippen molar-refractivity contribution in [3.63, 3.8) is 0 Å². The van der Waals surface area contributed by atoms with Gasteiger partial charge in [0.15, 0.2) is 0 Å². The van der Waals surface area contributed by atoms with E-state index in [1.165, 1.54) is 5.56 Å². The molecule has 0 aromatic heterocycles. The molecule has 0 spiro atoms. The molecule has 0 aliphatic carbocycles. The predicted molar refractivity (Wildman–Crippen MR) is 70.9 cm³/mol. The van der Waals surface area contributed by atoms with Crippen LogP contribution in [0.3, 0.4) is 0 Å². The second kappa shape index (κ2) is 6.40. The molecule has 3 nitrogen and oxygen atoms in total. The van der Waals surface area contributed by atoms with E-state index in [4.69, 9.17) is 0 Å². The summed E-state index contributed by atoms with van der Waals surface area (Å²) in [6, 6.07) is 8.61. The molecule has 1 atom stereocenters. The first-order valence-electron chi connectivity index (χ1n) is 6.08. The fourth-order valence-corrected chi connectivity index (χ4v) is 1.53. The normalized spacial score (nSPS) is 12.5. The van der Waals surface area contributed by atoms with Crippen LogP contribution in [-0.2, 0) is 4.79 Å². The van der Waals surface area contributed by atoms with Gasteiger partial charge in [0.1, 0.15) is 0 Å². The highest BCUT2D eigenvalue weighted by Gasteiger charge is 2.09. The molecule has 2 N–H and O–H groups in total. The smallest absolute Gasteiger partial charge is 0.234 e. The molecule has 1 amide bonds. The Hall–Kier alpha value is -1.35. The highest BCUT2D eigenvalue weighted by atomic mass is 16.1. The number of nitrogens with one attached hydrogen (secondary N) is 2. The molecule has 0 heterocycles. The van der Waals surface area contributed by atoms with Gasteiger partial charge in [0.2, 0.25) is 5.91 Å². The zero-order chi connectivity index (χ0) is 12.8. The molecule has 0 unspecified atom stereocenters. The Morgan fingerprint density at radius 1 is 1.18 bits per heavy atom. The lowest BCUT2D eigenvalue weighted by Gasteiger charge is -2.15. The molecule has 17 heavy (non-hydrogen) atoms. The van der Waals surface area contributed by atoms with Gasteiger partial charge in [-0.1, -0.05) is 43.7 Å². The minimum absolute atomic E-state index is 0.0341. The van der Waals surface area contributed by atoms with Crippen molar-refractivity contribution in [3.8, 4) is 0 Å². The number of rotatable bonds is 5. The zero-order valence-electron chi connectivity index (χ0n) is 11.1. The summed E-state index contributed by atoms with van der Waals surface area (Å²) in [5.74, 6) is 0.0341. The van der Waals surface area contributed by atoms with Gasteiger partial charge in [-0.2, -0.15) is 0 Å². The molecule has 0 saturated carbocycles. The summed E-state index contributed by atoms with van der Waals surface area (Å²) < 4.78 is 0. The molecule has 0 radical (unpaired) electrons. The Labute approximate surface area is 104 Å². The fraction of sp³-hybridized carbons (Fsp3) is 0.500. The van der Waals surface area contributed by atoms with Crippen LogP contribution in [0.5, 0.6) is 0 Å². The first-order chi connectivity index (χ1) is 7.99. The van der Waals surface area contributed by atoms with Crippen LogP contribution in [0.15, 0.2) is 24.3 Å². The van der Waals surface area contributed by atoms with Crippen LogP contribution in [0, 0.1) is 6.92 Å². The molecule has 0 aliphatic heterocycles. The summed E-state index contributed by atoms with van der Waals surface area (Å²) in [6.07, 6.45) is 0. The van der Waals surface area contributed by atoms with Crippen molar-refractivity contribution in [1.29, 1.82) is 0 Å². The van der Waals surface area contributed by atoms with Gasteiger partial charge in [-0.15, -0.1) is 0 Å². The molecule has 3 heteroatoms. The van der Waals surface area contributed by atoms with Crippen LogP contribution >= 0.6 is 0 Å². The van der Waals surface area contributed by atoms with E-state index in [9.17, 15) is 4.79 Å². The van der Waals surface area contributed by atoms with Crippen molar-refractivity contribution in [2.24, 2.45) is 0 Å². The van der Waals surface area contributed by atoms with Gasteiger partial charge in [-0.25, -0.2) is 0 Å². The van der Waals surface area contributed by atoms with E-state index >= 15 is 0 Å². The van der Waals surface area contributed by atoms with Crippen molar-refractivity contribution in [2.45, 2.75) is 39.8 Å². The molecule has 0 aliphatic rings. The maximum absolute atomic E-state index is 11.6. The van der Waals surface area contributed by atoms with Crippen molar-refractivity contribution >= 4 is 5.91 Å². The lowest BCUT2D eigenvalue weighted by molar-refractivity contribution is -0.121. The quantitative estimate of drug-likeness (QED) is 0.820. The summed E-state index contributed by atoms with van der Waals surface area (Å²) in [7, 11) is 0. The first kappa shape index (κ1) is 13.7. The van der Waals surface area contributed by atoms with E-state index in [0.29, 0.717) is 12.6 Å².